The van der Waals surface area contributed by atoms with Crippen LogP contribution in [0, 0.1) is 0 Å². The van der Waals surface area contributed by atoms with E-state index in [1.54, 1.807) is 11.3 Å². The Morgan fingerprint density at radius 1 is 1.33 bits per heavy atom. The first-order valence-electron chi connectivity index (χ1n) is 5.90. The van der Waals surface area contributed by atoms with Crippen LogP contribution < -0.4 is 10.6 Å². The highest BCUT2D eigenvalue weighted by molar-refractivity contribution is 7.09. The van der Waals surface area contributed by atoms with Crippen LogP contribution in [0.5, 0.6) is 0 Å². The van der Waals surface area contributed by atoms with Gasteiger partial charge in [-0.05, 0) is 24.8 Å². The molecule has 1 rings (SSSR count). The first kappa shape index (κ1) is 14.7. The average Bonchev–Trinajstić information content (AvgIpc) is 2.88. The molecule has 0 aromatic carbocycles. The Morgan fingerprint density at radius 2 is 2.11 bits per heavy atom. The minimum Gasteiger partial charge on any atom is -0.382 e. The van der Waals surface area contributed by atoms with Crippen LogP contribution in [0.4, 0.5) is 0 Å². The highest BCUT2D eigenvalue weighted by Crippen LogP contribution is 2.06. The molecule has 2 N–H and O–H groups in total. The van der Waals surface area contributed by atoms with Crippen molar-refractivity contribution in [3.05, 3.63) is 22.4 Å². The fourth-order valence-electron chi connectivity index (χ4n) is 1.26. The summed E-state index contributed by atoms with van der Waals surface area (Å²) in [6.07, 6.45) is 0.706. The van der Waals surface area contributed by atoms with E-state index in [4.69, 9.17) is 4.74 Å². The first-order chi connectivity index (χ1) is 8.74. The predicted molar refractivity (Wildman–Crippen MR) is 70.3 cm³/mol. The number of carbonyl (C=O) groups is 2. The largest absolute Gasteiger partial charge is 0.382 e. The van der Waals surface area contributed by atoms with Crippen LogP contribution in [0.1, 0.15) is 18.2 Å². The van der Waals surface area contributed by atoms with Crippen molar-refractivity contribution in [2.75, 3.05) is 19.8 Å². The number of hydrogen-bond acceptors (Lipinski definition) is 4. The van der Waals surface area contributed by atoms with Crippen LogP contribution in [0.15, 0.2) is 17.5 Å². The summed E-state index contributed by atoms with van der Waals surface area (Å²) in [5, 5.41) is 7.03. The average molecular weight is 270 g/mol. The third kappa shape index (κ3) is 5.79. The van der Waals surface area contributed by atoms with E-state index in [9.17, 15) is 9.59 Å². The molecular weight excluding hydrogens is 252 g/mol. The fourth-order valence-corrected chi connectivity index (χ4v) is 1.91. The maximum atomic E-state index is 11.4. The zero-order chi connectivity index (χ0) is 13.2. The van der Waals surface area contributed by atoms with Crippen molar-refractivity contribution < 1.29 is 14.3 Å². The lowest BCUT2D eigenvalue weighted by molar-refractivity contribution is -0.139. The van der Waals surface area contributed by atoms with E-state index in [-0.39, 0.29) is 0 Å². The van der Waals surface area contributed by atoms with Crippen LogP contribution >= 0.6 is 11.3 Å². The maximum Gasteiger partial charge on any atom is 0.309 e. The van der Waals surface area contributed by atoms with Gasteiger partial charge in [0.25, 0.3) is 0 Å². The Bertz CT molecular complexity index is 365. The van der Waals surface area contributed by atoms with Gasteiger partial charge >= 0.3 is 11.8 Å². The minimum atomic E-state index is -0.597. The second-order valence-electron chi connectivity index (χ2n) is 3.57. The molecule has 0 atom stereocenters. The van der Waals surface area contributed by atoms with Gasteiger partial charge < -0.3 is 15.4 Å². The molecule has 0 bridgehead atoms. The zero-order valence-corrected chi connectivity index (χ0v) is 11.2. The molecule has 5 nitrogen and oxygen atoms in total. The fraction of sp³-hybridized carbons (Fsp3) is 0.500. The van der Waals surface area contributed by atoms with Crippen molar-refractivity contribution in [1.82, 2.24) is 10.6 Å². The topological polar surface area (TPSA) is 67.4 Å². The molecule has 1 aromatic rings. The summed E-state index contributed by atoms with van der Waals surface area (Å²) in [5.41, 5.74) is 0. The van der Waals surface area contributed by atoms with E-state index < -0.39 is 11.8 Å². The Kier molecular flexibility index (Phi) is 7.05. The van der Waals surface area contributed by atoms with Gasteiger partial charge in [-0.15, -0.1) is 11.3 Å². The molecule has 0 saturated heterocycles. The second kappa shape index (κ2) is 8.66. The number of rotatable bonds is 7. The molecule has 0 unspecified atom stereocenters. The lowest BCUT2D eigenvalue weighted by atomic mass is 10.4. The summed E-state index contributed by atoms with van der Waals surface area (Å²) in [6.45, 7) is 4.01. The Labute approximate surface area is 111 Å². The van der Waals surface area contributed by atoms with E-state index in [2.05, 4.69) is 10.6 Å². The smallest absolute Gasteiger partial charge is 0.309 e. The van der Waals surface area contributed by atoms with Crippen molar-refractivity contribution in [2.24, 2.45) is 0 Å². The van der Waals surface area contributed by atoms with Crippen molar-refractivity contribution in [3.63, 3.8) is 0 Å². The Balaban J connectivity index is 2.11. The third-order valence-corrected chi connectivity index (χ3v) is 3.04. The van der Waals surface area contributed by atoms with Gasteiger partial charge in [-0.25, -0.2) is 0 Å². The quantitative estimate of drug-likeness (QED) is 0.571. The van der Waals surface area contributed by atoms with Crippen molar-refractivity contribution in [1.29, 1.82) is 0 Å². The van der Waals surface area contributed by atoms with E-state index in [0.29, 0.717) is 32.7 Å². The van der Waals surface area contributed by atoms with Crippen LogP contribution in [0.2, 0.25) is 0 Å². The van der Waals surface area contributed by atoms with Crippen LogP contribution in [0.3, 0.4) is 0 Å². The molecule has 0 aliphatic carbocycles. The summed E-state index contributed by atoms with van der Waals surface area (Å²) < 4.78 is 5.12. The normalized spacial score (nSPS) is 10.1. The van der Waals surface area contributed by atoms with Crippen LogP contribution in [-0.4, -0.2) is 31.6 Å². The van der Waals surface area contributed by atoms with Gasteiger partial charge in [0, 0.05) is 24.6 Å². The summed E-state index contributed by atoms with van der Waals surface area (Å²) in [7, 11) is 0. The summed E-state index contributed by atoms with van der Waals surface area (Å²) in [5.74, 6) is -1.19. The van der Waals surface area contributed by atoms with Crippen molar-refractivity contribution >= 4 is 23.2 Å². The van der Waals surface area contributed by atoms with Gasteiger partial charge in [0.05, 0.1) is 6.54 Å². The van der Waals surface area contributed by atoms with Crippen molar-refractivity contribution in [3.8, 4) is 0 Å². The lowest BCUT2D eigenvalue weighted by Crippen LogP contribution is -2.40. The molecule has 6 heteroatoms. The van der Waals surface area contributed by atoms with E-state index in [1.165, 1.54) is 0 Å². The highest BCUT2D eigenvalue weighted by atomic mass is 32.1. The molecule has 0 fully saturated rings. The number of nitrogens with one attached hydrogen (secondary N) is 2. The summed E-state index contributed by atoms with van der Waals surface area (Å²) in [6, 6.07) is 3.81. The number of ether oxygens (including phenoxy) is 1. The molecule has 2 amide bonds. The van der Waals surface area contributed by atoms with Crippen molar-refractivity contribution in [2.45, 2.75) is 19.9 Å². The molecular formula is C12H18N2O3S. The Morgan fingerprint density at radius 3 is 2.78 bits per heavy atom. The molecule has 0 aliphatic heterocycles. The molecule has 18 heavy (non-hydrogen) atoms. The molecule has 0 radical (unpaired) electrons. The van der Waals surface area contributed by atoms with Gasteiger partial charge in [0.2, 0.25) is 0 Å². The Hall–Kier alpha value is -1.40. The third-order valence-electron chi connectivity index (χ3n) is 2.16. The summed E-state index contributed by atoms with van der Waals surface area (Å²) >= 11 is 1.54. The standard InChI is InChI=1S/C12H18N2O3S/c1-2-17-7-4-6-13-11(15)12(16)14-9-10-5-3-8-18-10/h3,5,8H,2,4,6-7,9H2,1H3,(H,13,15)(H,14,16). The monoisotopic (exact) mass is 270 g/mol. The first-order valence-corrected chi connectivity index (χ1v) is 6.78. The molecule has 0 spiro atoms. The van der Waals surface area contributed by atoms with Gasteiger partial charge in [-0.3, -0.25) is 9.59 Å². The van der Waals surface area contributed by atoms with Crippen LogP contribution in [-0.2, 0) is 20.9 Å². The SMILES string of the molecule is CCOCCCNC(=O)C(=O)NCc1cccs1. The van der Waals surface area contributed by atoms with E-state index >= 15 is 0 Å². The molecule has 0 saturated carbocycles. The maximum absolute atomic E-state index is 11.4. The second-order valence-corrected chi connectivity index (χ2v) is 4.60. The lowest BCUT2D eigenvalue weighted by Gasteiger charge is -2.05. The predicted octanol–water partition coefficient (Wildman–Crippen LogP) is 0.907. The number of thiophene rings is 1. The van der Waals surface area contributed by atoms with Gasteiger partial charge in [0.15, 0.2) is 0 Å². The molecule has 0 aliphatic rings. The van der Waals surface area contributed by atoms with E-state index in [0.717, 1.165) is 4.88 Å². The number of amides is 2. The molecule has 100 valence electrons. The van der Waals surface area contributed by atoms with Crippen LogP contribution in [0.25, 0.3) is 0 Å². The van der Waals surface area contributed by atoms with Gasteiger partial charge in [-0.1, -0.05) is 6.07 Å². The zero-order valence-electron chi connectivity index (χ0n) is 10.4. The minimum absolute atomic E-state index is 0.392. The van der Waals surface area contributed by atoms with E-state index in [1.807, 2.05) is 24.4 Å². The molecule has 1 aromatic heterocycles. The molecule has 1 heterocycles. The summed E-state index contributed by atoms with van der Waals surface area (Å²) in [4.78, 5) is 23.8. The highest BCUT2D eigenvalue weighted by Gasteiger charge is 2.11. The van der Waals surface area contributed by atoms with Gasteiger partial charge in [0.1, 0.15) is 0 Å². The van der Waals surface area contributed by atoms with Gasteiger partial charge in [-0.2, -0.15) is 0 Å². The number of carbonyl (C=O) groups excluding carboxylic acids is 2. The number of hydrogen-bond donors (Lipinski definition) is 2.